The Hall–Kier alpha value is -0.700. The highest BCUT2D eigenvalue weighted by Gasteiger charge is 2.26. The summed E-state index contributed by atoms with van der Waals surface area (Å²) in [6.07, 6.45) is 5.03. The van der Waals surface area contributed by atoms with Crippen molar-refractivity contribution >= 4 is 17.6 Å². The molecular formula is C7H7NOS. The van der Waals surface area contributed by atoms with E-state index in [2.05, 4.69) is 4.98 Å². The summed E-state index contributed by atoms with van der Waals surface area (Å²) in [6, 6.07) is 0. The van der Waals surface area contributed by atoms with Crippen molar-refractivity contribution in [2.75, 3.05) is 0 Å². The summed E-state index contributed by atoms with van der Waals surface area (Å²) in [5, 5.41) is 1.14. The minimum Gasteiger partial charge on any atom is -0.297 e. The second kappa shape index (κ2) is 2.16. The van der Waals surface area contributed by atoms with E-state index in [1.165, 1.54) is 24.2 Å². The van der Waals surface area contributed by atoms with E-state index in [1.54, 1.807) is 6.20 Å². The minimum absolute atomic E-state index is 0.679. The van der Waals surface area contributed by atoms with Gasteiger partial charge in [0.25, 0.3) is 0 Å². The second-order valence-electron chi connectivity index (χ2n) is 2.49. The highest BCUT2D eigenvalue weighted by Crippen LogP contribution is 2.41. The summed E-state index contributed by atoms with van der Waals surface area (Å²) in [5.41, 5.74) is 0. The first kappa shape index (κ1) is 6.04. The molecule has 3 heteroatoms. The highest BCUT2D eigenvalue weighted by atomic mass is 32.1. The van der Waals surface area contributed by atoms with Crippen LogP contribution in [0.15, 0.2) is 6.20 Å². The van der Waals surface area contributed by atoms with Gasteiger partial charge in [0.2, 0.25) is 0 Å². The van der Waals surface area contributed by atoms with Gasteiger partial charge in [0.05, 0.1) is 9.88 Å². The standard InChI is InChI=1S/C7H7NOS/c9-4-6-3-8-7(10-6)5-1-2-5/h3-5H,1-2H2. The molecule has 0 spiro atoms. The van der Waals surface area contributed by atoms with Crippen LogP contribution in [0, 0.1) is 0 Å². The number of aromatic nitrogens is 1. The van der Waals surface area contributed by atoms with Gasteiger partial charge in [-0.05, 0) is 12.8 Å². The topological polar surface area (TPSA) is 30.0 Å². The second-order valence-corrected chi connectivity index (χ2v) is 3.59. The third-order valence-corrected chi connectivity index (χ3v) is 2.67. The average molecular weight is 153 g/mol. The zero-order valence-electron chi connectivity index (χ0n) is 5.41. The maximum atomic E-state index is 10.2. The molecule has 0 saturated heterocycles. The Morgan fingerprint density at radius 1 is 1.70 bits per heavy atom. The Kier molecular flexibility index (Phi) is 1.31. The zero-order valence-corrected chi connectivity index (χ0v) is 6.23. The zero-order chi connectivity index (χ0) is 6.97. The third-order valence-electron chi connectivity index (χ3n) is 1.58. The van der Waals surface area contributed by atoms with Crippen molar-refractivity contribution in [1.82, 2.24) is 4.98 Å². The lowest BCUT2D eigenvalue weighted by atomic mass is 10.5. The van der Waals surface area contributed by atoms with Crippen molar-refractivity contribution in [3.63, 3.8) is 0 Å². The van der Waals surface area contributed by atoms with Crippen molar-refractivity contribution in [3.05, 3.63) is 16.1 Å². The molecule has 52 valence electrons. The quantitative estimate of drug-likeness (QED) is 0.607. The summed E-state index contributed by atoms with van der Waals surface area (Å²) >= 11 is 1.52. The van der Waals surface area contributed by atoms with Crippen molar-refractivity contribution in [1.29, 1.82) is 0 Å². The molecule has 0 bridgehead atoms. The number of thiazole rings is 1. The van der Waals surface area contributed by atoms with Gasteiger partial charge < -0.3 is 0 Å². The molecule has 2 nitrogen and oxygen atoms in total. The van der Waals surface area contributed by atoms with Crippen LogP contribution in [-0.4, -0.2) is 11.3 Å². The summed E-state index contributed by atoms with van der Waals surface area (Å²) in [7, 11) is 0. The molecule has 0 N–H and O–H groups in total. The molecule has 1 saturated carbocycles. The maximum Gasteiger partial charge on any atom is 0.161 e. The Bertz CT molecular complexity index is 252. The molecule has 0 aliphatic heterocycles. The minimum atomic E-state index is 0.679. The number of aldehydes is 1. The molecule has 0 aromatic carbocycles. The summed E-state index contributed by atoms with van der Waals surface area (Å²) < 4.78 is 0. The van der Waals surface area contributed by atoms with Crippen molar-refractivity contribution in [2.24, 2.45) is 0 Å². The first-order chi connectivity index (χ1) is 4.90. The normalized spacial score (nSPS) is 17.2. The van der Waals surface area contributed by atoms with Crippen LogP contribution in [0.5, 0.6) is 0 Å². The van der Waals surface area contributed by atoms with Gasteiger partial charge in [-0.2, -0.15) is 0 Å². The summed E-state index contributed by atoms with van der Waals surface area (Å²) in [4.78, 5) is 15.1. The van der Waals surface area contributed by atoms with Crippen LogP contribution >= 0.6 is 11.3 Å². The van der Waals surface area contributed by atoms with E-state index in [0.717, 1.165) is 16.2 Å². The van der Waals surface area contributed by atoms with Gasteiger partial charge in [0, 0.05) is 12.1 Å². The van der Waals surface area contributed by atoms with Crippen molar-refractivity contribution < 1.29 is 4.79 Å². The predicted molar refractivity (Wildman–Crippen MR) is 39.5 cm³/mol. The van der Waals surface area contributed by atoms with Gasteiger partial charge in [0.1, 0.15) is 0 Å². The van der Waals surface area contributed by atoms with Gasteiger partial charge in [-0.1, -0.05) is 0 Å². The molecule has 1 heterocycles. The Morgan fingerprint density at radius 2 is 2.50 bits per heavy atom. The maximum absolute atomic E-state index is 10.2. The van der Waals surface area contributed by atoms with Gasteiger partial charge in [0.15, 0.2) is 6.29 Å². The lowest BCUT2D eigenvalue weighted by molar-refractivity contribution is 0.112. The van der Waals surface area contributed by atoms with E-state index in [9.17, 15) is 4.79 Å². The number of carbonyl (C=O) groups is 1. The molecule has 1 aliphatic carbocycles. The number of hydrogen-bond acceptors (Lipinski definition) is 3. The van der Waals surface area contributed by atoms with Crippen LogP contribution in [0.1, 0.15) is 33.4 Å². The van der Waals surface area contributed by atoms with Gasteiger partial charge in [-0.3, -0.25) is 4.79 Å². The molecular weight excluding hydrogens is 146 g/mol. The van der Waals surface area contributed by atoms with Crippen molar-refractivity contribution in [2.45, 2.75) is 18.8 Å². The fourth-order valence-corrected chi connectivity index (χ4v) is 1.78. The van der Waals surface area contributed by atoms with E-state index in [1.807, 2.05) is 0 Å². The number of hydrogen-bond donors (Lipinski definition) is 0. The highest BCUT2D eigenvalue weighted by molar-refractivity contribution is 7.13. The van der Waals surface area contributed by atoms with Crippen LogP contribution < -0.4 is 0 Å². The van der Waals surface area contributed by atoms with E-state index in [0.29, 0.717) is 5.92 Å². The van der Waals surface area contributed by atoms with Crippen LogP contribution in [0.25, 0.3) is 0 Å². The predicted octanol–water partition coefficient (Wildman–Crippen LogP) is 1.83. The largest absolute Gasteiger partial charge is 0.297 e. The van der Waals surface area contributed by atoms with Crippen LogP contribution in [0.4, 0.5) is 0 Å². The molecule has 1 aliphatic rings. The molecule has 0 unspecified atom stereocenters. The Morgan fingerprint density at radius 3 is 3.00 bits per heavy atom. The first-order valence-corrected chi connectivity index (χ1v) is 4.12. The van der Waals surface area contributed by atoms with Crippen molar-refractivity contribution in [3.8, 4) is 0 Å². The van der Waals surface area contributed by atoms with E-state index >= 15 is 0 Å². The molecule has 0 amide bonds. The Balaban J connectivity index is 2.26. The van der Waals surface area contributed by atoms with Crippen LogP contribution in [0.2, 0.25) is 0 Å². The number of nitrogens with zero attached hydrogens (tertiary/aromatic N) is 1. The smallest absolute Gasteiger partial charge is 0.161 e. The molecule has 1 fully saturated rings. The number of rotatable bonds is 2. The van der Waals surface area contributed by atoms with Gasteiger partial charge in [-0.15, -0.1) is 11.3 Å². The summed E-state index contributed by atoms with van der Waals surface area (Å²) in [5.74, 6) is 0.679. The number of carbonyl (C=O) groups excluding carboxylic acids is 1. The van der Waals surface area contributed by atoms with E-state index < -0.39 is 0 Å². The third kappa shape index (κ3) is 0.968. The van der Waals surface area contributed by atoms with Gasteiger partial charge >= 0.3 is 0 Å². The average Bonchev–Trinajstić information content (AvgIpc) is 2.70. The molecule has 0 radical (unpaired) electrons. The Labute approximate surface area is 62.9 Å². The molecule has 10 heavy (non-hydrogen) atoms. The van der Waals surface area contributed by atoms with E-state index in [-0.39, 0.29) is 0 Å². The van der Waals surface area contributed by atoms with Gasteiger partial charge in [-0.25, -0.2) is 4.98 Å². The summed E-state index contributed by atoms with van der Waals surface area (Å²) in [6.45, 7) is 0. The van der Waals surface area contributed by atoms with Crippen LogP contribution in [-0.2, 0) is 0 Å². The molecule has 1 aromatic heterocycles. The van der Waals surface area contributed by atoms with E-state index in [4.69, 9.17) is 0 Å². The fraction of sp³-hybridized carbons (Fsp3) is 0.429. The SMILES string of the molecule is O=Cc1cnc(C2CC2)s1. The first-order valence-electron chi connectivity index (χ1n) is 3.31. The fourth-order valence-electron chi connectivity index (χ4n) is 0.874. The molecule has 1 aromatic rings. The monoisotopic (exact) mass is 153 g/mol. The van der Waals surface area contributed by atoms with Crippen LogP contribution in [0.3, 0.4) is 0 Å². The lowest BCUT2D eigenvalue weighted by Gasteiger charge is -1.81. The molecule has 0 atom stereocenters. The lowest BCUT2D eigenvalue weighted by Crippen LogP contribution is -1.70. The molecule has 2 rings (SSSR count).